The number of carbonyl (C=O) groups is 2. The van der Waals surface area contributed by atoms with Gasteiger partial charge >= 0.3 is 0 Å². The van der Waals surface area contributed by atoms with Crippen LogP contribution >= 0.6 is 11.8 Å². The van der Waals surface area contributed by atoms with E-state index in [1.165, 1.54) is 11.8 Å². The van der Waals surface area contributed by atoms with Gasteiger partial charge in [0.1, 0.15) is 11.1 Å². The molecule has 3 aromatic rings. The lowest BCUT2D eigenvalue weighted by Crippen LogP contribution is -2.49. The molecule has 1 N–H and O–H groups in total. The van der Waals surface area contributed by atoms with E-state index in [1.54, 1.807) is 15.8 Å². The highest BCUT2D eigenvalue weighted by Crippen LogP contribution is 2.40. The SMILES string of the molecule is CCn1cc2c(n1)Sc1ccccc1C(C(=O)NC(C)(C)C)N(Cc1ccccc1)C2=O. The van der Waals surface area contributed by atoms with Crippen LogP contribution in [-0.2, 0) is 17.9 Å². The van der Waals surface area contributed by atoms with Gasteiger partial charge in [0.2, 0.25) is 5.91 Å². The first-order valence-corrected chi connectivity index (χ1v) is 11.6. The topological polar surface area (TPSA) is 67.2 Å². The molecule has 0 bridgehead atoms. The molecule has 1 aromatic heterocycles. The van der Waals surface area contributed by atoms with Crippen molar-refractivity contribution in [3.8, 4) is 0 Å². The van der Waals surface area contributed by atoms with Crippen molar-refractivity contribution in [1.82, 2.24) is 20.0 Å². The van der Waals surface area contributed by atoms with Gasteiger partial charge in [-0.1, -0.05) is 60.3 Å². The largest absolute Gasteiger partial charge is 0.349 e. The van der Waals surface area contributed by atoms with E-state index in [0.717, 1.165) is 16.0 Å². The third kappa shape index (κ3) is 4.58. The molecule has 7 heteroatoms. The van der Waals surface area contributed by atoms with Crippen molar-refractivity contribution >= 4 is 23.6 Å². The number of amides is 2. The Morgan fingerprint density at radius 2 is 1.78 bits per heavy atom. The fraction of sp³-hybridized carbons (Fsp3) is 0.320. The van der Waals surface area contributed by atoms with E-state index in [0.29, 0.717) is 23.7 Å². The minimum atomic E-state index is -0.760. The van der Waals surface area contributed by atoms with Crippen molar-refractivity contribution in [2.75, 3.05) is 0 Å². The van der Waals surface area contributed by atoms with Crippen molar-refractivity contribution in [3.05, 3.63) is 77.5 Å². The molecule has 0 spiro atoms. The average molecular weight is 449 g/mol. The Morgan fingerprint density at radius 3 is 2.47 bits per heavy atom. The summed E-state index contributed by atoms with van der Waals surface area (Å²) in [5.41, 5.74) is 1.86. The summed E-state index contributed by atoms with van der Waals surface area (Å²) in [6, 6.07) is 16.8. The van der Waals surface area contributed by atoms with Gasteiger partial charge in [0.05, 0.1) is 5.56 Å². The molecule has 0 saturated carbocycles. The van der Waals surface area contributed by atoms with E-state index in [9.17, 15) is 9.59 Å². The molecular formula is C25H28N4O2S. The predicted molar refractivity (Wildman–Crippen MR) is 125 cm³/mol. The molecule has 0 aliphatic carbocycles. The molecule has 1 aliphatic heterocycles. The van der Waals surface area contributed by atoms with Crippen LogP contribution in [0.15, 0.2) is 70.7 Å². The number of hydrogen-bond acceptors (Lipinski definition) is 4. The minimum Gasteiger partial charge on any atom is -0.349 e. The molecule has 0 saturated heterocycles. The van der Waals surface area contributed by atoms with Gasteiger partial charge in [-0.15, -0.1) is 0 Å². The van der Waals surface area contributed by atoms with Crippen LogP contribution in [0.1, 0.15) is 55.2 Å². The van der Waals surface area contributed by atoms with Crippen LogP contribution < -0.4 is 5.32 Å². The van der Waals surface area contributed by atoms with Crippen LogP contribution in [0.4, 0.5) is 0 Å². The quantitative estimate of drug-likeness (QED) is 0.630. The number of nitrogens with one attached hydrogen (secondary N) is 1. The third-order valence-electron chi connectivity index (χ3n) is 5.22. The number of aromatic nitrogens is 2. The van der Waals surface area contributed by atoms with Gasteiger partial charge in [0.15, 0.2) is 0 Å². The number of carbonyl (C=O) groups excluding carboxylic acids is 2. The van der Waals surface area contributed by atoms with Gasteiger partial charge in [-0.05, 0) is 44.9 Å². The monoisotopic (exact) mass is 448 g/mol. The smallest absolute Gasteiger partial charge is 0.259 e. The predicted octanol–water partition coefficient (Wildman–Crippen LogP) is 4.67. The Labute approximate surface area is 193 Å². The van der Waals surface area contributed by atoms with Gasteiger partial charge in [-0.3, -0.25) is 14.3 Å². The highest BCUT2D eigenvalue weighted by Gasteiger charge is 2.38. The van der Waals surface area contributed by atoms with E-state index < -0.39 is 11.6 Å². The molecule has 1 unspecified atom stereocenters. The zero-order valence-corrected chi connectivity index (χ0v) is 19.6. The fourth-order valence-electron chi connectivity index (χ4n) is 3.80. The summed E-state index contributed by atoms with van der Waals surface area (Å²) in [6.45, 7) is 8.81. The summed E-state index contributed by atoms with van der Waals surface area (Å²) >= 11 is 1.44. The average Bonchev–Trinajstić information content (AvgIpc) is 3.15. The lowest BCUT2D eigenvalue weighted by Gasteiger charge is -2.35. The first-order valence-electron chi connectivity index (χ1n) is 10.8. The Hall–Kier alpha value is -3.06. The van der Waals surface area contributed by atoms with E-state index in [4.69, 9.17) is 0 Å². The van der Waals surface area contributed by atoms with Gasteiger partial charge in [-0.25, -0.2) is 0 Å². The minimum absolute atomic E-state index is 0.193. The normalized spacial score (nSPS) is 16.1. The Kier molecular flexibility index (Phi) is 6.11. The summed E-state index contributed by atoms with van der Waals surface area (Å²) in [7, 11) is 0. The van der Waals surface area contributed by atoms with Crippen molar-refractivity contribution in [2.45, 2.75) is 62.3 Å². The van der Waals surface area contributed by atoms with Crippen LogP contribution in [0, 0.1) is 0 Å². The van der Waals surface area contributed by atoms with Crippen molar-refractivity contribution < 1.29 is 9.59 Å². The molecular weight excluding hydrogens is 420 g/mol. The highest BCUT2D eigenvalue weighted by molar-refractivity contribution is 7.99. The number of rotatable bonds is 4. The van der Waals surface area contributed by atoms with Crippen molar-refractivity contribution in [3.63, 3.8) is 0 Å². The van der Waals surface area contributed by atoms with Crippen molar-refractivity contribution in [2.24, 2.45) is 0 Å². The number of nitrogens with zero attached hydrogens (tertiary/aromatic N) is 3. The molecule has 2 heterocycles. The molecule has 0 fully saturated rings. The second-order valence-electron chi connectivity index (χ2n) is 8.90. The standard InChI is InChI=1S/C25H28N4O2S/c1-5-28-16-19-23(27-28)32-20-14-10-9-13-18(20)21(22(30)26-25(2,3)4)29(24(19)31)15-17-11-7-6-8-12-17/h6-14,16,21H,5,15H2,1-4H3,(H,26,30). The van der Waals surface area contributed by atoms with E-state index >= 15 is 0 Å². The molecule has 0 radical (unpaired) electrons. The van der Waals surface area contributed by atoms with Crippen LogP contribution in [-0.4, -0.2) is 32.0 Å². The third-order valence-corrected chi connectivity index (χ3v) is 6.30. The lowest BCUT2D eigenvalue weighted by molar-refractivity contribution is -0.127. The van der Waals surface area contributed by atoms with E-state index in [1.807, 2.05) is 82.3 Å². The fourth-order valence-corrected chi connectivity index (χ4v) is 4.84. The van der Waals surface area contributed by atoms with Gasteiger partial charge in [0, 0.05) is 29.7 Å². The number of hydrogen-bond donors (Lipinski definition) is 1. The Bertz CT molecular complexity index is 1130. The van der Waals surface area contributed by atoms with Crippen LogP contribution in [0.25, 0.3) is 0 Å². The van der Waals surface area contributed by atoms with E-state index in [-0.39, 0.29) is 11.8 Å². The zero-order valence-electron chi connectivity index (χ0n) is 18.8. The van der Waals surface area contributed by atoms with E-state index in [2.05, 4.69) is 10.4 Å². The summed E-state index contributed by atoms with van der Waals surface area (Å²) in [5, 5.41) is 8.38. The molecule has 32 heavy (non-hydrogen) atoms. The van der Waals surface area contributed by atoms with Crippen molar-refractivity contribution in [1.29, 1.82) is 0 Å². The zero-order chi connectivity index (χ0) is 22.9. The van der Waals surface area contributed by atoms with Crippen LogP contribution in [0.2, 0.25) is 0 Å². The molecule has 4 rings (SSSR count). The maximum atomic E-state index is 13.9. The summed E-state index contributed by atoms with van der Waals surface area (Å²) in [6.07, 6.45) is 1.79. The second kappa shape index (κ2) is 8.82. The Balaban J connectivity index is 1.89. The number of fused-ring (bicyclic) bond motifs is 2. The first-order chi connectivity index (χ1) is 15.3. The molecule has 166 valence electrons. The summed E-state index contributed by atoms with van der Waals surface area (Å²) in [4.78, 5) is 30.1. The van der Waals surface area contributed by atoms with Crippen LogP contribution in [0.5, 0.6) is 0 Å². The molecule has 1 aliphatic rings. The first kappa shape index (κ1) is 22.1. The van der Waals surface area contributed by atoms with Crippen LogP contribution in [0.3, 0.4) is 0 Å². The number of aryl methyl sites for hydroxylation is 1. The second-order valence-corrected chi connectivity index (χ2v) is 9.93. The maximum absolute atomic E-state index is 13.9. The summed E-state index contributed by atoms with van der Waals surface area (Å²) in [5.74, 6) is -0.388. The van der Waals surface area contributed by atoms with Gasteiger partial charge in [0.25, 0.3) is 5.91 Å². The number of benzene rings is 2. The van der Waals surface area contributed by atoms with Gasteiger partial charge < -0.3 is 10.2 Å². The summed E-state index contributed by atoms with van der Waals surface area (Å²) < 4.78 is 1.77. The molecule has 1 atom stereocenters. The molecule has 6 nitrogen and oxygen atoms in total. The molecule has 2 aromatic carbocycles. The lowest BCUT2D eigenvalue weighted by atomic mass is 10.00. The molecule has 2 amide bonds. The highest BCUT2D eigenvalue weighted by atomic mass is 32.2. The maximum Gasteiger partial charge on any atom is 0.259 e. The van der Waals surface area contributed by atoms with Gasteiger partial charge in [-0.2, -0.15) is 5.10 Å². The Morgan fingerprint density at radius 1 is 1.09 bits per heavy atom.